The van der Waals surface area contributed by atoms with Crippen LogP contribution in [0.15, 0.2) is 42.6 Å². The van der Waals surface area contributed by atoms with Crippen LogP contribution in [0.2, 0.25) is 0 Å². The summed E-state index contributed by atoms with van der Waals surface area (Å²) in [6.07, 6.45) is -3.96. The Hall–Kier alpha value is -5.32. The Bertz CT molecular complexity index is 1650. The molecule has 1 aliphatic heterocycles. The largest absolute Gasteiger partial charge is 0.458 e. The summed E-state index contributed by atoms with van der Waals surface area (Å²) in [5.41, 5.74) is 0.186. The number of likely N-dealkylation sites (N-methyl/N-ethyl adjacent to an activating group) is 3. The highest BCUT2D eigenvalue weighted by Gasteiger charge is 2.43. The summed E-state index contributed by atoms with van der Waals surface area (Å²) in [5.74, 6) is -7.37. The van der Waals surface area contributed by atoms with E-state index in [1.807, 2.05) is 13.8 Å². The number of ether oxygens (including phenoxy) is 3. The monoisotopic (exact) mass is 800 g/mol. The average Bonchev–Trinajstić information content (AvgIpc) is 3.15. The molecule has 0 aliphatic carbocycles. The third kappa shape index (κ3) is 12.8. The number of cyclic esters (lactones) is 2. The molecule has 316 valence electrons. The number of hydrogen-bond acceptors (Lipinski definition) is 11. The number of methoxy groups -OCH3 is 1. The van der Waals surface area contributed by atoms with Gasteiger partial charge in [-0.05, 0) is 44.6 Å². The van der Waals surface area contributed by atoms with Crippen LogP contribution in [0, 0.1) is 11.8 Å². The summed E-state index contributed by atoms with van der Waals surface area (Å²) in [4.78, 5) is 113. The van der Waals surface area contributed by atoms with Gasteiger partial charge in [0, 0.05) is 41.6 Å². The van der Waals surface area contributed by atoms with E-state index >= 15 is 0 Å². The number of nitrogens with zero attached hydrogens (tertiary/aromatic N) is 3. The molecule has 0 spiro atoms. The fourth-order valence-corrected chi connectivity index (χ4v) is 6.18. The highest BCUT2D eigenvalue weighted by atomic mass is 16.6. The van der Waals surface area contributed by atoms with Crippen LogP contribution in [-0.4, -0.2) is 139 Å². The lowest BCUT2D eigenvalue weighted by molar-refractivity contribution is -0.175. The van der Waals surface area contributed by atoms with Crippen LogP contribution in [0.25, 0.3) is 0 Å². The second kappa shape index (κ2) is 21.3. The molecule has 1 aliphatic rings. The van der Waals surface area contributed by atoms with Gasteiger partial charge in [0.15, 0.2) is 18.2 Å². The van der Waals surface area contributed by atoms with Crippen LogP contribution in [0.1, 0.15) is 67.4 Å². The van der Waals surface area contributed by atoms with E-state index in [4.69, 9.17) is 14.2 Å². The molecule has 3 N–H and O–H groups in total. The Morgan fingerprint density at radius 2 is 1.46 bits per heavy atom. The van der Waals surface area contributed by atoms with Gasteiger partial charge in [-0.25, -0.2) is 9.59 Å². The van der Waals surface area contributed by atoms with Crippen LogP contribution in [0.4, 0.5) is 0 Å². The highest BCUT2D eigenvalue weighted by molar-refractivity contribution is 6.01. The van der Waals surface area contributed by atoms with E-state index in [1.165, 1.54) is 49.0 Å². The van der Waals surface area contributed by atoms with Crippen molar-refractivity contribution >= 4 is 47.4 Å². The first-order valence-corrected chi connectivity index (χ1v) is 18.9. The van der Waals surface area contributed by atoms with Crippen molar-refractivity contribution in [2.24, 2.45) is 11.8 Å². The summed E-state index contributed by atoms with van der Waals surface area (Å²) in [6, 6.07) is 2.01. The lowest BCUT2D eigenvalue weighted by Crippen LogP contribution is -2.60. The predicted molar refractivity (Wildman–Crippen MR) is 209 cm³/mol. The zero-order valence-corrected chi connectivity index (χ0v) is 35.1. The van der Waals surface area contributed by atoms with E-state index in [9.17, 15) is 38.4 Å². The van der Waals surface area contributed by atoms with Gasteiger partial charge in [-0.2, -0.15) is 0 Å². The molecule has 1 fully saturated rings. The second-order valence-corrected chi connectivity index (χ2v) is 15.1. The predicted octanol–water partition coefficient (Wildman–Crippen LogP) is 0.944. The zero-order valence-electron chi connectivity index (χ0n) is 35.1. The van der Waals surface area contributed by atoms with Gasteiger partial charge in [0.05, 0.1) is 6.10 Å². The molecule has 1 saturated heterocycles. The Morgan fingerprint density at radius 1 is 0.860 bits per heavy atom. The fraction of sp³-hybridized carbons (Fsp3) is 0.600. The van der Waals surface area contributed by atoms with Crippen molar-refractivity contribution in [2.75, 3.05) is 28.3 Å². The minimum Gasteiger partial charge on any atom is -0.458 e. The molecule has 0 aromatic heterocycles. The number of nitrogens with one attached hydrogen (secondary N) is 3. The first-order valence-electron chi connectivity index (χ1n) is 18.9. The first kappa shape index (κ1) is 47.8. The van der Waals surface area contributed by atoms with E-state index in [0.717, 1.165) is 21.6 Å². The molecule has 8 atom stereocenters. The SMILES string of the molecule is C=C1C(=O)N[C@@H](C)C(=O)N(C)[C@@H](C)C(=O)N[C@@H](CC(C)C)C(=O)N(C)[C@@H]([C@@H](C)OC)C(=O)O[C@H](C(C)C)[C@H](NC(C)=O)C(=O)O[C@H](Cc2ccccc2)C(=O)N1C. The van der Waals surface area contributed by atoms with Gasteiger partial charge < -0.3 is 44.9 Å². The van der Waals surface area contributed by atoms with Crippen LogP contribution in [0.5, 0.6) is 0 Å². The number of carbonyl (C=O) groups is 8. The van der Waals surface area contributed by atoms with Crippen LogP contribution in [0.3, 0.4) is 0 Å². The van der Waals surface area contributed by atoms with Gasteiger partial charge in [0.2, 0.25) is 23.6 Å². The zero-order chi connectivity index (χ0) is 43.5. The first-order chi connectivity index (χ1) is 26.5. The number of esters is 2. The topological polar surface area (TPSA) is 210 Å². The third-order valence-corrected chi connectivity index (χ3v) is 9.82. The van der Waals surface area contributed by atoms with Crippen molar-refractivity contribution < 1.29 is 52.6 Å². The lowest BCUT2D eigenvalue weighted by atomic mass is 9.98. The van der Waals surface area contributed by atoms with Crippen molar-refractivity contribution in [3.05, 3.63) is 48.2 Å². The summed E-state index contributed by atoms with van der Waals surface area (Å²) < 4.78 is 17.3. The summed E-state index contributed by atoms with van der Waals surface area (Å²) in [7, 11) is 5.28. The molecule has 0 radical (unpaired) electrons. The molecule has 0 unspecified atom stereocenters. The number of carbonyl (C=O) groups excluding carboxylic acids is 8. The van der Waals surface area contributed by atoms with Gasteiger partial charge in [-0.15, -0.1) is 0 Å². The molecule has 17 heteroatoms. The maximum atomic E-state index is 14.2. The molecular formula is C40H60N6O11. The van der Waals surface area contributed by atoms with Gasteiger partial charge in [0.25, 0.3) is 11.8 Å². The second-order valence-electron chi connectivity index (χ2n) is 15.1. The van der Waals surface area contributed by atoms with Gasteiger partial charge >= 0.3 is 11.9 Å². The maximum Gasteiger partial charge on any atom is 0.333 e. The lowest BCUT2D eigenvalue weighted by Gasteiger charge is -2.36. The molecule has 6 amide bonds. The number of amides is 6. The van der Waals surface area contributed by atoms with E-state index in [1.54, 1.807) is 44.2 Å². The minimum absolute atomic E-state index is 0.111. The number of hydrogen-bond donors (Lipinski definition) is 3. The average molecular weight is 801 g/mol. The fourth-order valence-electron chi connectivity index (χ4n) is 6.18. The Morgan fingerprint density at radius 3 is 1.98 bits per heavy atom. The van der Waals surface area contributed by atoms with Crippen molar-refractivity contribution in [3.63, 3.8) is 0 Å². The van der Waals surface area contributed by atoms with Crippen LogP contribution < -0.4 is 16.0 Å². The molecule has 17 nitrogen and oxygen atoms in total. The van der Waals surface area contributed by atoms with Gasteiger partial charge in [-0.1, -0.05) is 64.6 Å². The number of benzene rings is 1. The quantitative estimate of drug-likeness (QED) is 0.249. The molecule has 57 heavy (non-hydrogen) atoms. The Labute approximate surface area is 335 Å². The van der Waals surface area contributed by atoms with Gasteiger partial charge in [0.1, 0.15) is 29.9 Å². The molecule has 0 bridgehead atoms. The van der Waals surface area contributed by atoms with E-state index in [0.29, 0.717) is 5.56 Å². The highest BCUT2D eigenvalue weighted by Crippen LogP contribution is 2.21. The summed E-state index contributed by atoms with van der Waals surface area (Å²) in [6.45, 7) is 16.2. The molecule has 2 rings (SSSR count). The Balaban J connectivity index is 2.81. The summed E-state index contributed by atoms with van der Waals surface area (Å²) in [5, 5.41) is 7.70. The molecule has 1 heterocycles. The van der Waals surface area contributed by atoms with Gasteiger partial charge in [-0.3, -0.25) is 28.8 Å². The summed E-state index contributed by atoms with van der Waals surface area (Å²) >= 11 is 0. The van der Waals surface area contributed by atoms with Crippen molar-refractivity contribution in [3.8, 4) is 0 Å². The van der Waals surface area contributed by atoms with E-state index in [2.05, 4.69) is 22.5 Å². The van der Waals surface area contributed by atoms with Crippen molar-refractivity contribution in [1.82, 2.24) is 30.7 Å². The smallest absolute Gasteiger partial charge is 0.333 e. The standard InChI is InChI=1S/C40H60N6O11/c1-21(2)19-29-37(51)46(12)32(26(8)55-13)40(54)57-33(22(3)4)31(42-27(9)47)39(53)56-30(20-28-17-15-14-16-18-28)38(52)45(11)24(6)34(48)41-23(5)36(50)44(10)25(7)35(49)43-29/h14-18,21-23,25-26,29-33H,6,19-20H2,1-5,7-13H3,(H,41,48)(H,42,47)(H,43,49)/t23-,25-,26+,29-,30+,31-,32-,33+/m0/s1. The van der Waals surface area contributed by atoms with Crippen molar-refractivity contribution in [2.45, 2.75) is 117 Å². The third-order valence-electron chi connectivity index (χ3n) is 9.82. The Kier molecular flexibility index (Phi) is 17.9. The van der Waals surface area contributed by atoms with Crippen LogP contribution in [-0.2, 0) is 59.0 Å². The van der Waals surface area contributed by atoms with E-state index in [-0.39, 0.29) is 18.8 Å². The molecule has 1 aromatic rings. The maximum absolute atomic E-state index is 14.2. The molecule has 0 saturated carbocycles. The van der Waals surface area contributed by atoms with Crippen LogP contribution >= 0.6 is 0 Å². The van der Waals surface area contributed by atoms with E-state index < -0.39 is 108 Å². The molecule has 1 aromatic carbocycles. The minimum atomic E-state index is -1.65. The normalized spacial score (nSPS) is 26.3. The number of rotatable bonds is 8. The van der Waals surface area contributed by atoms with Crippen molar-refractivity contribution in [1.29, 1.82) is 0 Å². The molecular weight excluding hydrogens is 740 g/mol.